The van der Waals surface area contributed by atoms with Crippen LogP contribution in [0.2, 0.25) is 0 Å². The van der Waals surface area contributed by atoms with Crippen LogP contribution in [0, 0.1) is 0 Å². The molecule has 0 bridgehead atoms. The van der Waals surface area contributed by atoms with Crippen LogP contribution >= 0.6 is 27.3 Å². The van der Waals surface area contributed by atoms with E-state index in [1.54, 1.807) is 11.3 Å². The third-order valence-corrected chi connectivity index (χ3v) is 3.80. The third kappa shape index (κ3) is 3.10. The molecule has 0 spiro atoms. The molecule has 7 heteroatoms. The van der Waals surface area contributed by atoms with E-state index in [2.05, 4.69) is 48.3 Å². The van der Waals surface area contributed by atoms with E-state index in [0.717, 1.165) is 27.6 Å². The Morgan fingerprint density at radius 2 is 2.44 bits per heavy atom. The van der Waals surface area contributed by atoms with Crippen molar-refractivity contribution in [2.24, 2.45) is 0 Å². The Balaban J connectivity index is 1.78. The molecule has 86 valence electrons. The van der Waals surface area contributed by atoms with Gasteiger partial charge in [-0.05, 0) is 22.9 Å². The van der Waals surface area contributed by atoms with Crippen LogP contribution in [0.3, 0.4) is 0 Å². The van der Waals surface area contributed by atoms with Crippen LogP contribution in [0.4, 0.5) is 0 Å². The van der Waals surface area contributed by atoms with Gasteiger partial charge in [0, 0.05) is 13.0 Å². The molecule has 0 aliphatic rings. The monoisotopic (exact) mass is 301 g/mol. The van der Waals surface area contributed by atoms with Crippen LogP contribution in [0.25, 0.3) is 0 Å². The molecular weight excluding hydrogens is 290 g/mol. The molecule has 0 radical (unpaired) electrons. The van der Waals surface area contributed by atoms with E-state index in [4.69, 9.17) is 0 Å². The van der Waals surface area contributed by atoms with E-state index in [9.17, 15) is 0 Å². The standard InChI is InChI=1S/C9H12BrN5S/c1-6(9-12-4-7(10)16-9)11-3-2-8-13-5-14-15-8/h4-6,11H,2-3H2,1H3,(H,13,14,15). The zero-order chi connectivity index (χ0) is 11.4. The molecule has 2 rings (SSSR count). The number of aromatic nitrogens is 4. The molecule has 0 saturated heterocycles. The summed E-state index contributed by atoms with van der Waals surface area (Å²) in [5, 5.41) is 11.1. The van der Waals surface area contributed by atoms with E-state index in [1.807, 2.05) is 6.20 Å². The second-order valence-corrected chi connectivity index (χ2v) is 5.80. The minimum Gasteiger partial charge on any atom is -0.308 e. The molecule has 16 heavy (non-hydrogen) atoms. The molecule has 0 amide bonds. The number of halogens is 1. The van der Waals surface area contributed by atoms with Gasteiger partial charge < -0.3 is 5.32 Å². The van der Waals surface area contributed by atoms with Gasteiger partial charge in [0.1, 0.15) is 17.2 Å². The predicted octanol–water partition coefficient (Wildman–Crippen LogP) is 1.92. The fourth-order valence-electron chi connectivity index (χ4n) is 1.31. The number of H-pyrrole nitrogens is 1. The summed E-state index contributed by atoms with van der Waals surface area (Å²) in [6.07, 6.45) is 4.20. The van der Waals surface area contributed by atoms with Gasteiger partial charge in [0.05, 0.1) is 16.0 Å². The fourth-order valence-corrected chi connectivity index (χ4v) is 2.58. The molecular formula is C9H12BrN5S. The van der Waals surface area contributed by atoms with Crippen molar-refractivity contribution in [2.75, 3.05) is 6.54 Å². The second kappa shape index (κ2) is 5.51. The Labute approximate surface area is 106 Å². The molecule has 2 aromatic rings. The van der Waals surface area contributed by atoms with Gasteiger partial charge in [-0.25, -0.2) is 9.97 Å². The first-order chi connectivity index (χ1) is 7.75. The second-order valence-electron chi connectivity index (χ2n) is 3.36. The maximum absolute atomic E-state index is 4.30. The van der Waals surface area contributed by atoms with Gasteiger partial charge in [-0.1, -0.05) is 0 Å². The number of hydrogen-bond acceptors (Lipinski definition) is 5. The Bertz CT molecular complexity index is 427. The fraction of sp³-hybridized carbons (Fsp3) is 0.444. The maximum Gasteiger partial charge on any atom is 0.137 e. The highest BCUT2D eigenvalue weighted by atomic mass is 79.9. The highest BCUT2D eigenvalue weighted by Crippen LogP contribution is 2.23. The van der Waals surface area contributed by atoms with E-state index in [0.29, 0.717) is 0 Å². The SMILES string of the molecule is CC(NCCc1ncn[nH]1)c1ncc(Br)s1. The van der Waals surface area contributed by atoms with Crippen molar-refractivity contribution < 1.29 is 0 Å². The van der Waals surface area contributed by atoms with E-state index in [1.165, 1.54) is 6.33 Å². The van der Waals surface area contributed by atoms with Crippen molar-refractivity contribution in [3.8, 4) is 0 Å². The Morgan fingerprint density at radius 1 is 1.56 bits per heavy atom. The van der Waals surface area contributed by atoms with E-state index < -0.39 is 0 Å². The highest BCUT2D eigenvalue weighted by Gasteiger charge is 2.08. The topological polar surface area (TPSA) is 66.5 Å². The molecule has 0 aliphatic heterocycles. The minimum atomic E-state index is 0.263. The Kier molecular flexibility index (Phi) is 4.03. The molecule has 0 saturated carbocycles. The first kappa shape index (κ1) is 11.7. The van der Waals surface area contributed by atoms with Crippen LogP contribution < -0.4 is 5.32 Å². The quantitative estimate of drug-likeness (QED) is 0.885. The summed E-state index contributed by atoms with van der Waals surface area (Å²) in [7, 11) is 0. The molecule has 0 aromatic carbocycles. The van der Waals surface area contributed by atoms with Gasteiger partial charge in [0.25, 0.3) is 0 Å². The van der Waals surface area contributed by atoms with Crippen molar-refractivity contribution in [1.82, 2.24) is 25.5 Å². The molecule has 0 aliphatic carbocycles. The van der Waals surface area contributed by atoms with E-state index >= 15 is 0 Å². The molecule has 2 heterocycles. The normalized spacial score (nSPS) is 12.9. The van der Waals surface area contributed by atoms with Gasteiger partial charge in [0.15, 0.2) is 0 Å². The summed E-state index contributed by atoms with van der Waals surface area (Å²) in [5.74, 6) is 0.903. The summed E-state index contributed by atoms with van der Waals surface area (Å²) in [5.41, 5.74) is 0. The zero-order valence-electron chi connectivity index (χ0n) is 8.77. The molecule has 2 aromatic heterocycles. The van der Waals surface area contributed by atoms with Gasteiger partial charge >= 0.3 is 0 Å². The highest BCUT2D eigenvalue weighted by molar-refractivity contribution is 9.11. The van der Waals surface area contributed by atoms with Crippen LogP contribution in [-0.4, -0.2) is 26.7 Å². The number of hydrogen-bond donors (Lipinski definition) is 2. The number of rotatable bonds is 5. The largest absolute Gasteiger partial charge is 0.308 e. The molecule has 1 atom stereocenters. The average molecular weight is 302 g/mol. The van der Waals surface area contributed by atoms with Crippen LogP contribution in [0.15, 0.2) is 16.3 Å². The number of nitrogens with zero attached hydrogens (tertiary/aromatic N) is 3. The smallest absolute Gasteiger partial charge is 0.137 e. The lowest BCUT2D eigenvalue weighted by molar-refractivity contribution is 0.568. The zero-order valence-corrected chi connectivity index (χ0v) is 11.2. The number of aromatic amines is 1. The summed E-state index contributed by atoms with van der Waals surface area (Å²) in [4.78, 5) is 8.37. The summed E-state index contributed by atoms with van der Waals surface area (Å²) < 4.78 is 1.06. The predicted molar refractivity (Wildman–Crippen MR) is 66.3 cm³/mol. The maximum atomic E-state index is 4.30. The van der Waals surface area contributed by atoms with Gasteiger partial charge in [0.2, 0.25) is 0 Å². The first-order valence-corrected chi connectivity index (χ1v) is 6.55. The Morgan fingerprint density at radius 3 is 3.06 bits per heavy atom. The molecule has 5 nitrogen and oxygen atoms in total. The minimum absolute atomic E-state index is 0.263. The summed E-state index contributed by atoms with van der Waals surface area (Å²) in [6, 6.07) is 0.263. The summed E-state index contributed by atoms with van der Waals surface area (Å²) >= 11 is 5.06. The lowest BCUT2D eigenvalue weighted by atomic mass is 10.3. The van der Waals surface area contributed by atoms with Gasteiger partial charge in [-0.15, -0.1) is 11.3 Å². The van der Waals surface area contributed by atoms with Gasteiger partial charge in [-0.2, -0.15) is 5.10 Å². The van der Waals surface area contributed by atoms with Gasteiger partial charge in [-0.3, -0.25) is 5.10 Å². The van der Waals surface area contributed by atoms with Crippen molar-refractivity contribution in [3.05, 3.63) is 27.1 Å². The molecule has 1 unspecified atom stereocenters. The van der Waals surface area contributed by atoms with Crippen molar-refractivity contribution >= 4 is 27.3 Å². The van der Waals surface area contributed by atoms with Crippen molar-refractivity contribution in [2.45, 2.75) is 19.4 Å². The number of nitrogens with one attached hydrogen (secondary N) is 2. The third-order valence-electron chi connectivity index (χ3n) is 2.14. The van der Waals surface area contributed by atoms with Crippen LogP contribution in [-0.2, 0) is 6.42 Å². The average Bonchev–Trinajstić information content (AvgIpc) is 2.89. The van der Waals surface area contributed by atoms with Crippen LogP contribution in [0.5, 0.6) is 0 Å². The van der Waals surface area contributed by atoms with Crippen molar-refractivity contribution in [3.63, 3.8) is 0 Å². The lowest BCUT2D eigenvalue weighted by Crippen LogP contribution is -2.21. The molecule has 0 fully saturated rings. The Hall–Kier alpha value is -0.790. The van der Waals surface area contributed by atoms with Crippen LogP contribution in [0.1, 0.15) is 23.8 Å². The lowest BCUT2D eigenvalue weighted by Gasteiger charge is -2.09. The number of thiazole rings is 1. The summed E-state index contributed by atoms with van der Waals surface area (Å²) in [6.45, 7) is 2.96. The van der Waals surface area contributed by atoms with E-state index in [-0.39, 0.29) is 6.04 Å². The molecule has 2 N–H and O–H groups in total. The van der Waals surface area contributed by atoms with Crippen molar-refractivity contribution in [1.29, 1.82) is 0 Å². The first-order valence-electron chi connectivity index (χ1n) is 4.94.